The first-order valence-electron chi connectivity index (χ1n) is 18.7. The van der Waals surface area contributed by atoms with Crippen LogP contribution in [0.1, 0.15) is 39.3 Å². The summed E-state index contributed by atoms with van der Waals surface area (Å²) in [4.78, 5) is 56.9. The average Bonchev–Trinajstić information content (AvgIpc) is 3.98. The Balaban J connectivity index is 0.000000216. The maximum absolute atomic E-state index is 14.0. The molecule has 4 amide bonds. The number of amides is 4. The Labute approximate surface area is 359 Å². The third-order valence-electron chi connectivity index (χ3n) is 8.59. The van der Waals surface area contributed by atoms with Gasteiger partial charge >= 0.3 is 18.4 Å². The molecule has 15 nitrogen and oxygen atoms in total. The molecule has 20 heteroatoms. The first kappa shape index (κ1) is 45.4. The predicted molar refractivity (Wildman–Crippen MR) is 215 cm³/mol. The minimum absolute atomic E-state index is 0.0173. The second-order valence-corrected chi connectivity index (χ2v) is 13.3. The molecule has 0 saturated carbocycles. The predicted octanol–water partition coefficient (Wildman–Crippen LogP) is 9.16. The monoisotopic (exact) mass is 884 g/mol. The quantitative estimate of drug-likeness (QED) is 0.117. The van der Waals surface area contributed by atoms with Crippen LogP contribution >= 0.6 is 0 Å². The van der Waals surface area contributed by atoms with Crippen molar-refractivity contribution >= 4 is 24.0 Å². The Bertz CT molecular complexity index is 2750. The van der Waals surface area contributed by atoms with Crippen LogP contribution in [0.4, 0.5) is 31.5 Å². The molecule has 0 radical (unpaired) electrons. The van der Waals surface area contributed by atoms with Crippen molar-refractivity contribution in [2.45, 2.75) is 25.3 Å². The molecule has 7 rings (SSSR count). The van der Waals surface area contributed by atoms with Gasteiger partial charge in [0.25, 0.3) is 23.6 Å². The van der Waals surface area contributed by atoms with Gasteiger partial charge < -0.3 is 23.3 Å². The molecule has 0 saturated heterocycles. The fraction of sp³-hybridized carbons (Fsp3) is 0.136. The highest BCUT2D eigenvalue weighted by atomic mass is 19.4. The van der Waals surface area contributed by atoms with Crippen molar-refractivity contribution in [1.82, 2.24) is 30.9 Å². The minimum Gasteiger partial charge on any atom is -0.444 e. The molecular weight excluding hydrogens is 852 g/mol. The lowest BCUT2D eigenvalue weighted by molar-refractivity contribution is -0.206. The van der Waals surface area contributed by atoms with E-state index in [2.05, 4.69) is 30.3 Å². The normalized spacial score (nSPS) is 11.9. The molecule has 5 aromatic carbocycles. The van der Waals surface area contributed by atoms with Gasteiger partial charge in [0.15, 0.2) is 0 Å². The second kappa shape index (κ2) is 20.6. The maximum Gasteiger partial charge on any atom is 0.429 e. The van der Waals surface area contributed by atoms with Crippen LogP contribution in [0.25, 0.3) is 45.7 Å². The fourth-order valence-electron chi connectivity index (χ4n) is 5.67. The van der Waals surface area contributed by atoms with Gasteiger partial charge in [0.2, 0.25) is 17.8 Å². The van der Waals surface area contributed by atoms with Gasteiger partial charge in [0.05, 0.1) is 17.7 Å². The van der Waals surface area contributed by atoms with E-state index in [1.165, 1.54) is 92.0 Å². The van der Waals surface area contributed by atoms with Gasteiger partial charge in [0.1, 0.15) is 17.7 Å². The molecule has 2 unspecified atom stereocenters. The number of rotatable bonds is 11. The number of nitrogens with one attached hydrogen (secondary N) is 2. The first-order valence-corrected chi connectivity index (χ1v) is 18.7. The third-order valence-corrected chi connectivity index (χ3v) is 8.59. The summed E-state index contributed by atoms with van der Waals surface area (Å²) in [6, 6.07) is 30.2. The molecule has 0 aliphatic carbocycles. The summed E-state index contributed by atoms with van der Waals surface area (Å²) >= 11 is 0. The van der Waals surface area contributed by atoms with Crippen LogP contribution in [0.2, 0.25) is 0 Å². The average molecular weight is 885 g/mol. The van der Waals surface area contributed by atoms with E-state index in [4.69, 9.17) is 18.5 Å². The third kappa shape index (κ3) is 11.8. The van der Waals surface area contributed by atoms with E-state index < -0.39 is 54.0 Å². The number of imide groups is 2. The number of nitrogens with zero attached hydrogens (tertiary/aromatic N) is 4. The summed E-state index contributed by atoms with van der Waals surface area (Å²) < 4.78 is 92.6. The summed E-state index contributed by atoms with van der Waals surface area (Å²) in [6.07, 6.45) is -10.4. The van der Waals surface area contributed by atoms with Crippen LogP contribution in [0.3, 0.4) is 0 Å². The molecular formula is C44H33F5N6O9. The lowest BCUT2D eigenvalue weighted by Gasteiger charge is -2.20. The number of alkyl halides is 3. The standard InChI is InChI=1S/C24H15F4N3O4.C20H18FN3O5/c25-18-12-5-4-11-17(18)22-29-20(31-35-22)15-9-6-10-16(13-15)21(32)30-23(33)34-19(24(26,27)28)14-7-2-1-3-8-14;1-12(11-27-2)28-20(26)23-18(25)14-7-5-6-13(10-14)17-22-19(29-24-17)15-8-3-4-9-16(15)21/h1-13,19H,(H,30,32,33);3-10,12H,11H2,1-2H3,(H,23,25,26). The lowest BCUT2D eigenvalue weighted by atomic mass is 10.1. The summed E-state index contributed by atoms with van der Waals surface area (Å²) in [5.74, 6) is -2.59. The minimum atomic E-state index is -4.89. The lowest BCUT2D eigenvalue weighted by Crippen LogP contribution is -2.35. The molecule has 2 aromatic heterocycles. The molecule has 2 heterocycles. The summed E-state index contributed by atoms with van der Waals surface area (Å²) in [6.45, 7) is 1.84. The molecule has 7 aromatic rings. The molecule has 64 heavy (non-hydrogen) atoms. The molecule has 2 N–H and O–H groups in total. The van der Waals surface area contributed by atoms with Gasteiger partial charge in [0, 0.05) is 34.9 Å². The van der Waals surface area contributed by atoms with E-state index in [0.29, 0.717) is 5.56 Å². The van der Waals surface area contributed by atoms with Crippen molar-refractivity contribution in [2.24, 2.45) is 0 Å². The Morgan fingerprint density at radius 1 is 0.625 bits per heavy atom. The van der Waals surface area contributed by atoms with E-state index in [1.54, 1.807) is 42.6 Å². The molecule has 0 aliphatic rings. The molecule has 0 fully saturated rings. The molecule has 0 bridgehead atoms. The Kier molecular flexibility index (Phi) is 14.6. The number of methoxy groups -OCH3 is 1. The highest BCUT2D eigenvalue weighted by Gasteiger charge is 2.44. The van der Waals surface area contributed by atoms with Gasteiger partial charge in [-0.25, -0.2) is 18.4 Å². The zero-order valence-electron chi connectivity index (χ0n) is 33.3. The number of ether oxygens (including phenoxy) is 3. The summed E-state index contributed by atoms with van der Waals surface area (Å²) in [5.41, 5.74) is 0.817. The number of carbonyl (C=O) groups is 4. The number of carbonyl (C=O) groups excluding carboxylic acids is 4. The van der Waals surface area contributed by atoms with Gasteiger partial charge in [-0.1, -0.05) is 89.2 Å². The number of hydrogen-bond acceptors (Lipinski definition) is 13. The van der Waals surface area contributed by atoms with E-state index in [-0.39, 0.29) is 63.4 Å². The first-order chi connectivity index (χ1) is 30.7. The number of aromatic nitrogens is 4. The van der Waals surface area contributed by atoms with E-state index in [1.807, 2.05) is 0 Å². The number of halogens is 5. The Morgan fingerprint density at radius 3 is 1.53 bits per heavy atom. The highest BCUT2D eigenvalue weighted by Crippen LogP contribution is 2.36. The summed E-state index contributed by atoms with van der Waals surface area (Å²) in [7, 11) is 1.48. The zero-order chi connectivity index (χ0) is 45.8. The van der Waals surface area contributed by atoms with Crippen molar-refractivity contribution < 1.29 is 64.4 Å². The van der Waals surface area contributed by atoms with Crippen LogP contribution in [-0.2, 0) is 14.2 Å². The molecule has 0 aliphatic heterocycles. The smallest absolute Gasteiger partial charge is 0.429 e. The van der Waals surface area contributed by atoms with E-state index >= 15 is 0 Å². The van der Waals surface area contributed by atoms with Crippen molar-refractivity contribution in [3.63, 3.8) is 0 Å². The molecule has 2 atom stereocenters. The topological polar surface area (TPSA) is 198 Å². The van der Waals surface area contributed by atoms with Crippen LogP contribution in [0.15, 0.2) is 136 Å². The molecule has 328 valence electrons. The van der Waals surface area contributed by atoms with Crippen LogP contribution < -0.4 is 10.6 Å². The number of benzene rings is 5. The van der Waals surface area contributed by atoms with Crippen molar-refractivity contribution in [1.29, 1.82) is 0 Å². The zero-order valence-corrected chi connectivity index (χ0v) is 33.3. The van der Waals surface area contributed by atoms with Gasteiger partial charge in [-0.05, 0) is 55.5 Å². The van der Waals surface area contributed by atoms with Crippen LogP contribution in [0.5, 0.6) is 0 Å². The van der Waals surface area contributed by atoms with Crippen molar-refractivity contribution in [3.8, 4) is 45.7 Å². The highest BCUT2D eigenvalue weighted by molar-refractivity contribution is 6.04. The number of alkyl carbamates (subject to hydrolysis) is 2. The van der Waals surface area contributed by atoms with Crippen molar-refractivity contribution in [3.05, 3.63) is 156 Å². The summed E-state index contributed by atoms with van der Waals surface area (Å²) in [5, 5.41) is 11.5. The van der Waals surface area contributed by atoms with E-state index in [9.17, 15) is 41.1 Å². The van der Waals surface area contributed by atoms with Gasteiger partial charge in [-0.2, -0.15) is 23.1 Å². The SMILES string of the molecule is COCC(C)OC(=O)NC(=O)c1cccc(-c2noc(-c3ccccc3F)n2)c1.O=C(NC(=O)c1cccc(-c2noc(-c3ccccc3F)n2)c1)OC(c1ccccc1)C(F)(F)F. The van der Waals surface area contributed by atoms with Crippen LogP contribution in [-0.4, -0.2) is 70.3 Å². The van der Waals surface area contributed by atoms with Crippen molar-refractivity contribution in [2.75, 3.05) is 13.7 Å². The van der Waals surface area contributed by atoms with Gasteiger partial charge in [-0.3, -0.25) is 20.2 Å². The fourth-order valence-corrected chi connectivity index (χ4v) is 5.67. The molecule has 0 spiro atoms. The largest absolute Gasteiger partial charge is 0.444 e. The maximum atomic E-state index is 14.0. The Hall–Kier alpha value is -8.13. The van der Waals surface area contributed by atoms with E-state index in [0.717, 1.165) is 12.1 Å². The van der Waals surface area contributed by atoms with Gasteiger partial charge in [-0.15, -0.1) is 0 Å². The Morgan fingerprint density at radius 2 is 1.08 bits per heavy atom. The second-order valence-electron chi connectivity index (χ2n) is 13.3. The number of hydrogen-bond donors (Lipinski definition) is 2. The van der Waals surface area contributed by atoms with Crippen LogP contribution in [0, 0.1) is 11.6 Å².